The first-order valence-electron chi connectivity index (χ1n) is 9.69. The van der Waals surface area contributed by atoms with Crippen LogP contribution in [0.1, 0.15) is 21.8 Å². The Morgan fingerprint density at radius 2 is 1.77 bits per heavy atom. The van der Waals surface area contributed by atoms with Crippen LogP contribution in [-0.4, -0.2) is 22.8 Å². The van der Waals surface area contributed by atoms with Crippen LogP contribution >= 0.6 is 0 Å². The van der Waals surface area contributed by atoms with Crippen molar-refractivity contribution in [3.63, 3.8) is 0 Å². The number of rotatable bonds is 5. The summed E-state index contributed by atoms with van der Waals surface area (Å²) in [4.78, 5) is 26.1. The summed E-state index contributed by atoms with van der Waals surface area (Å²) >= 11 is 0. The number of carbonyl (C=O) groups excluding carboxylic acids is 1. The molecule has 4 aromatic rings. The maximum absolute atomic E-state index is 13.3. The zero-order valence-corrected chi connectivity index (χ0v) is 17.4. The van der Waals surface area contributed by atoms with Crippen molar-refractivity contribution < 1.29 is 13.9 Å². The Hall–Kier alpha value is -4.13. The van der Waals surface area contributed by atoms with E-state index in [1.165, 1.54) is 13.4 Å². The molecule has 7 nitrogen and oxygen atoms in total. The number of hydrogen-bond acceptors (Lipinski definition) is 5. The molecule has 4 rings (SSSR count). The van der Waals surface area contributed by atoms with E-state index in [-0.39, 0.29) is 28.3 Å². The number of carbonyl (C=O) groups is 1. The van der Waals surface area contributed by atoms with Gasteiger partial charge in [0.25, 0.3) is 5.91 Å². The number of ether oxygens (including phenoxy) is 1. The first kappa shape index (κ1) is 20.2. The fourth-order valence-electron chi connectivity index (χ4n) is 3.31. The minimum absolute atomic E-state index is 0.120. The Morgan fingerprint density at radius 3 is 2.45 bits per heavy atom. The number of nitrogens with one attached hydrogen (secondary N) is 1. The van der Waals surface area contributed by atoms with E-state index in [4.69, 9.17) is 9.15 Å². The smallest absolute Gasteiger partial charge is 0.292 e. The van der Waals surface area contributed by atoms with Gasteiger partial charge in [-0.05, 0) is 44.2 Å². The highest BCUT2D eigenvalue weighted by molar-refractivity contribution is 6.04. The SMILES string of the molecule is COc1ccccc1-c1c(NC(=O)c2ccco2)n(-c2ccc(C)cc2)nc(C)c1=O. The molecule has 0 atom stereocenters. The number of benzene rings is 2. The minimum Gasteiger partial charge on any atom is -0.496 e. The van der Waals surface area contributed by atoms with Crippen molar-refractivity contribution in [2.75, 3.05) is 12.4 Å². The van der Waals surface area contributed by atoms with Crippen LogP contribution in [0.15, 0.2) is 76.1 Å². The molecule has 0 aliphatic carbocycles. The molecule has 0 fully saturated rings. The van der Waals surface area contributed by atoms with E-state index in [1.54, 1.807) is 41.9 Å². The van der Waals surface area contributed by atoms with E-state index in [9.17, 15) is 9.59 Å². The molecular weight excluding hydrogens is 394 g/mol. The Kier molecular flexibility index (Phi) is 5.41. The summed E-state index contributed by atoms with van der Waals surface area (Å²) in [7, 11) is 1.53. The molecule has 2 aromatic heterocycles. The van der Waals surface area contributed by atoms with Crippen molar-refractivity contribution in [2.24, 2.45) is 0 Å². The van der Waals surface area contributed by atoms with Crippen molar-refractivity contribution in [2.45, 2.75) is 13.8 Å². The summed E-state index contributed by atoms with van der Waals surface area (Å²) in [5.41, 5.74) is 2.59. The lowest BCUT2D eigenvalue weighted by molar-refractivity contribution is 0.0996. The molecular formula is C24H21N3O4. The van der Waals surface area contributed by atoms with Crippen LogP contribution in [0, 0.1) is 13.8 Å². The number of aryl methyl sites for hydroxylation is 2. The van der Waals surface area contributed by atoms with Gasteiger partial charge in [-0.15, -0.1) is 0 Å². The molecule has 1 amide bonds. The molecule has 1 N–H and O–H groups in total. The summed E-state index contributed by atoms with van der Waals surface area (Å²) in [5, 5.41) is 7.29. The van der Waals surface area contributed by atoms with Crippen LogP contribution in [0.5, 0.6) is 5.75 Å². The van der Waals surface area contributed by atoms with Gasteiger partial charge in [0.05, 0.1) is 24.6 Å². The van der Waals surface area contributed by atoms with Crippen LogP contribution < -0.4 is 15.5 Å². The zero-order valence-electron chi connectivity index (χ0n) is 17.4. The van der Waals surface area contributed by atoms with E-state index in [1.807, 2.05) is 37.3 Å². The maximum Gasteiger partial charge on any atom is 0.292 e. The van der Waals surface area contributed by atoms with Gasteiger partial charge in [-0.2, -0.15) is 5.10 Å². The topological polar surface area (TPSA) is 86.4 Å². The van der Waals surface area contributed by atoms with Crippen LogP contribution in [0.4, 0.5) is 5.82 Å². The van der Waals surface area contributed by atoms with Crippen molar-refractivity contribution >= 4 is 11.7 Å². The fourth-order valence-corrected chi connectivity index (χ4v) is 3.31. The van der Waals surface area contributed by atoms with Gasteiger partial charge in [-0.25, -0.2) is 4.68 Å². The molecule has 31 heavy (non-hydrogen) atoms. The highest BCUT2D eigenvalue weighted by Gasteiger charge is 2.23. The molecule has 7 heteroatoms. The molecule has 2 aromatic carbocycles. The molecule has 0 aliphatic heterocycles. The van der Waals surface area contributed by atoms with Gasteiger partial charge < -0.3 is 14.5 Å². The van der Waals surface area contributed by atoms with E-state index in [0.717, 1.165) is 5.56 Å². The molecule has 156 valence electrons. The van der Waals surface area contributed by atoms with Gasteiger partial charge in [-0.1, -0.05) is 35.9 Å². The fraction of sp³-hybridized carbons (Fsp3) is 0.125. The molecule has 0 radical (unpaired) electrons. The molecule has 0 aliphatic rings. The standard InChI is InChI=1S/C24H21N3O4/c1-15-10-12-17(13-11-15)27-23(25-24(29)20-9-6-14-31-20)21(22(28)16(2)26-27)18-7-4-5-8-19(18)30-3/h4-14H,1-3H3,(H,25,29). The Bertz CT molecular complexity index is 1290. The number of methoxy groups -OCH3 is 1. The monoisotopic (exact) mass is 415 g/mol. The lowest BCUT2D eigenvalue weighted by Gasteiger charge is -2.19. The number of aromatic nitrogens is 2. The molecule has 0 saturated heterocycles. The van der Waals surface area contributed by atoms with E-state index < -0.39 is 5.91 Å². The van der Waals surface area contributed by atoms with Crippen molar-refractivity contribution in [1.29, 1.82) is 0 Å². The second kappa shape index (κ2) is 8.31. The van der Waals surface area contributed by atoms with Gasteiger partial charge in [0.15, 0.2) is 5.76 Å². The highest BCUT2D eigenvalue weighted by Crippen LogP contribution is 2.33. The van der Waals surface area contributed by atoms with Crippen molar-refractivity contribution in [1.82, 2.24) is 9.78 Å². The van der Waals surface area contributed by atoms with E-state index in [0.29, 0.717) is 17.0 Å². The molecule has 2 heterocycles. The molecule has 0 spiro atoms. The lowest BCUT2D eigenvalue weighted by atomic mass is 10.0. The normalized spacial score (nSPS) is 10.7. The number of hydrogen-bond donors (Lipinski definition) is 1. The number of amides is 1. The number of furan rings is 1. The summed E-state index contributed by atoms with van der Waals surface area (Å²) in [6.07, 6.45) is 1.41. The molecule has 0 saturated carbocycles. The Morgan fingerprint density at radius 1 is 1.03 bits per heavy atom. The summed E-state index contributed by atoms with van der Waals surface area (Å²) in [5.74, 6) is 0.362. The average Bonchev–Trinajstić information content (AvgIpc) is 3.32. The van der Waals surface area contributed by atoms with Crippen LogP contribution in [0.25, 0.3) is 16.8 Å². The number of anilines is 1. The Balaban J connectivity index is 2.01. The first-order chi connectivity index (χ1) is 15.0. The minimum atomic E-state index is -0.493. The van der Waals surface area contributed by atoms with Crippen LogP contribution in [-0.2, 0) is 0 Å². The van der Waals surface area contributed by atoms with Crippen LogP contribution in [0.3, 0.4) is 0 Å². The Labute approximate surface area is 178 Å². The zero-order chi connectivity index (χ0) is 22.0. The predicted molar refractivity (Wildman–Crippen MR) is 118 cm³/mol. The molecule has 0 bridgehead atoms. The van der Waals surface area contributed by atoms with Crippen molar-refractivity contribution in [3.8, 4) is 22.6 Å². The largest absolute Gasteiger partial charge is 0.496 e. The predicted octanol–water partition coefficient (Wildman–Crippen LogP) is 4.37. The summed E-state index contributed by atoms with van der Waals surface area (Å²) in [6.45, 7) is 3.62. The third-order valence-electron chi connectivity index (χ3n) is 4.89. The first-order valence-corrected chi connectivity index (χ1v) is 9.69. The lowest BCUT2D eigenvalue weighted by Crippen LogP contribution is -2.25. The second-order valence-electron chi connectivity index (χ2n) is 7.02. The van der Waals surface area contributed by atoms with E-state index in [2.05, 4.69) is 10.4 Å². The third kappa shape index (κ3) is 3.85. The average molecular weight is 415 g/mol. The van der Waals surface area contributed by atoms with Gasteiger partial charge in [0, 0.05) is 5.56 Å². The van der Waals surface area contributed by atoms with E-state index >= 15 is 0 Å². The third-order valence-corrected chi connectivity index (χ3v) is 4.89. The summed E-state index contributed by atoms with van der Waals surface area (Å²) in [6, 6.07) is 18.0. The van der Waals surface area contributed by atoms with Crippen molar-refractivity contribution in [3.05, 3.63) is 94.2 Å². The number of para-hydroxylation sites is 1. The van der Waals surface area contributed by atoms with Gasteiger partial charge >= 0.3 is 0 Å². The maximum atomic E-state index is 13.3. The van der Waals surface area contributed by atoms with Crippen LogP contribution in [0.2, 0.25) is 0 Å². The van der Waals surface area contributed by atoms with Gasteiger partial charge in [0.2, 0.25) is 5.43 Å². The number of nitrogens with zero attached hydrogens (tertiary/aromatic N) is 2. The quantitative estimate of drug-likeness (QED) is 0.523. The highest BCUT2D eigenvalue weighted by atomic mass is 16.5. The van der Waals surface area contributed by atoms with Gasteiger partial charge in [-0.3, -0.25) is 9.59 Å². The van der Waals surface area contributed by atoms with Gasteiger partial charge in [0.1, 0.15) is 17.3 Å². The second-order valence-corrected chi connectivity index (χ2v) is 7.02. The summed E-state index contributed by atoms with van der Waals surface area (Å²) < 4.78 is 12.3. The molecule has 0 unspecified atom stereocenters.